The van der Waals surface area contributed by atoms with Crippen LogP contribution in [-0.4, -0.2) is 11.7 Å². The minimum Gasteiger partial charge on any atom is -0.396 e. The Morgan fingerprint density at radius 1 is 1.05 bits per heavy atom. The molecule has 1 atom stereocenters. The van der Waals surface area contributed by atoms with Crippen LogP contribution >= 0.6 is 11.6 Å². The highest BCUT2D eigenvalue weighted by Crippen LogP contribution is 2.22. The van der Waals surface area contributed by atoms with Gasteiger partial charge in [-0.3, -0.25) is 0 Å². The summed E-state index contributed by atoms with van der Waals surface area (Å²) in [6.45, 7) is 0.0859. The predicted octanol–water partition coefficient (Wildman–Crippen LogP) is 3.87. The summed E-state index contributed by atoms with van der Waals surface area (Å²) in [6.07, 6.45) is 1.43. The minimum atomic E-state index is -0.336. The molecule has 2 rings (SSSR count). The first-order valence-corrected chi connectivity index (χ1v) is 6.65. The first kappa shape index (κ1) is 14.0. The molecule has 0 aliphatic heterocycles. The van der Waals surface area contributed by atoms with Crippen LogP contribution in [0.5, 0.6) is 0 Å². The molecule has 0 aromatic heterocycles. The zero-order valence-electron chi connectivity index (χ0n) is 10.5. The molecule has 100 valence electrons. The molecule has 0 bridgehead atoms. The third-order valence-corrected chi connectivity index (χ3v) is 3.50. The van der Waals surface area contributed by atoms with E-state index in [1.807, 2.05) is 30.3 Å². The lowest BCUT2D eigenvalue weighted by molar-refractivity contribution is 0.225. The van der Waals surface area contributed by atoms with E-state index < -0.39 is 0 Å². The van der Waals surface area contributed by atoms with Gasteiger partial charge in [0, 0.05) is 11.6 Å². The molecule has 0 spiro atoms. The third-order valence-electron chi connectivity index (χ3n) is 3.15. The molecule has 1 unspecified atom stereocenters. The van der Waals surface area contributed by atoms with Gasteiger partial charge in [0.05, 0.1) is 0 Å². The lowest BCUT2D eigenvalue weighted by Crippen LogP contribution is -2.13. The molecule has 2 aromatic carbocycles. The Kier molecular flexibility index (Phi) is 4.94. The second-order valence-electron chi connectivity index (χ2n) is 4.68. The summed E-state index contributed by atoms with van der Waals surface area (Å²) in [5.41, 5.74) is 2.05. The van der Waals surface area contributed by atoms with Crippen molar-refractivity contribution in [1.29, 1.82) is 0 Å². The molecule has 0 heterocycles. The standard InChI is InChI=1S/C16H16ClFO/c17-16-10-15(18)7-6-14(16)9-13(11-19)8-12-4-2-1-3-5-12/h1-7,10,13,19H,8-9,11H2. The van der Waals surface area contributed by atoms with E-state index in [4.69, 9.17) is 11.6 Å². The summed E-state index contributed by atoms with van der Waals surface area (Å²) >= 11 is 6.01. The van der Waals surface area contributed by atoms with Gasteiger partial charge in [-0.1, -0.05) is 48.0 Å². The molecule has 0 aliphatic rings. The van der Waals surface area contributed by atoms with Gasteiger partial charge in [-0.25, -0.2) is 4.39 Å². The Labute approximate surface area is 117 Å². The molecule has 0 fully saturated rings. The zero-order chi connectivity index (χ0) is 13.7. The van der Waals surface area contributed by atoms with Crippen LogP contribution in [0.25, 0.3) is 0 Å². The summed E-state index contributed by atoms with van der Waals surface area (Å²) in [6, 6.07) is 14.4. The number of aliphatic hydroxyl groups excluding tert-OH is 1. The number of aliphatic hydroxyl groups is 1. The number of hydrogen-bond acceptors (Lipinski definition) is 1. The average molecular weight is 279 g/mol. The van der Waals surface area contributed by atoms with Crippen molar-refractivity contribution in [2.24, 2.45) is 5.92 Å². The fourth-order valence-corrected chi connectivity index (χ4v) is 2.39. The predicted molar refractivity (Wildman–Crippen MR) is 75.8 cm³/mol. The Morgan fingerprint density at radius 3 is 2.42 bits per heavy atom. The van der Waals surface area contributed by atoms with E-state index in [0.29, 0.717) is 11.4 Å². The molecule has 3 heteroatoms. The van der Waals surface area contributed by atoms with Crippen molar-refractivity contribution in [3.8, 4) is 0 Å². The molecular weight excluding hydrogens is 263 g/mol. The maximum absolute atomic E-state index is 13.0. The number of benzene rings is 2. The fraction of sp³-hybridized carbons (Fsp3) is 0.250. The largest absolute Gasteiger partial charge is 0.396 e. The van der Waals surface area contributed by atoms with Gasteiger partial charge in [-0.05, 0) is 42.0 Å². The summed E-state index contributed by atoms with van der Waals surface area (Å²) in [5.74, 6) is -0.247. The summed E-state index contributed by atoms with van der Waals surface area (Å²) in [5, 5.41) is 9.90. The van der Waals surface area contributed by atoms with E-state index in [9.17, 15) is 9.50 Å². The lowest BCUT2D eigenvalue weighted by Gasteiger charge is -2.15. The van der Waals surface area contributed by atoms with Gasteiger partial charge in [0.2, 0.25) is 0 Å². The average Bonchev–Trinajstić information content (AvgIpc) is 2.42. The van der Waals surface area contributed by atoms with Crippen molar-refractivity contribution in [2.45, 2.75) is 12.8 Å². The van der Waals surface area contributed by atoms with Crippen LogP contribution in [0.3, 0.4) is 0 Å². The molecule has 0 amide bonds. The number of halogens is 2. The molecular formula is C16H16ClFO. The Bertz CT molecular complexity index is 528. The third kappa shape index (κ3) is 4.05. The van der Waals surface area contributed by atoms with Gasteiger partial charge >= 0.3 is 0 Å². The van der Waals surface area contributed by atoms with Crippen molar-refractivity contribution >= 4 is 11.6 Å². The van der Waals surface area contributed by atoms with E-state index in [1.54, 1.807) is 6.07 Å². The van der Waals surface area contributed by atoms with E-state index in [0.717, 1.165) is 12.0 Å². The van der Waals surface area contributed by atoms with Crippen LogP contribution in [0.1, 0.15) is 11.1 Å². The minimum absolute atomic E-state index is 0.0859. The van der Waals surface area contributed by atoms with Crippen LogP contribution in [0, 0.1) is 11.7 Å². The molecule has 0 saturated carbocycles. The second kappa shape index (κ2) is 6.69. The fourth-order valence-electron chi connectivity index (χ4n) is 2.15. The van der Waals surface area contributed by atoms with Crippen molar-refractivity contribution in [3.63, 3.8) is 0 Å². The second-order valence-corrected chi connectivity index (χ2v) is 5.09. The number of hydrogen-bond donors (Lipinski definition) is 1. The van der Waals surface area contributed by atoms with Crippen LogP contribution < -0.4 is 0 Å². The maximum Gasteiger partial charge on any atom is 0.124 e. The van der Waals surface area contributed by atoms with Gasteiger partial charge in [-0.15, -0.1) is 0 Å². The molecule has 2 aromatic rings. The van der Waals surface area contributed by atoms with Crippen LogP contribution in [0.15, 0.2) is 48.5 Å². The van der Waals surface area contributed by atoms with Gasteiger partial charge in [0.25, 0.3) is 0 Å². The monoisotopic (exact) mass is 278 g/mol. The lowest BCUT2D eigenvalue weighted by atomic mass is 9.93. The summed E-state index contributed by atoms with van der Waals surface area (Å²) in [7, 11) is 0. The van der Waals surface area contributed by atoms with Crippen LogP contribution in [-0.2, 0) is 12.8 Å². The molecule has 19 heavy (non-hydrogen) atoms. The number of rotatable bonds is 5. The summed E-state index contributed by atoms with van der Waals surface area (Å²) < 4.78 is 13.0. The van der Waals surface area contributed by atoms with Crippen molar-refractivity contribution < 1.29 is 9.50 Å². The maximum atomic E-state index is 13.0. The molecule has 0 saturated heterocycles. The van der Waals surface area contributed by atoms with E-state index in [2.05, 4.69) is 0 Å². The molecule has 0 aliphatic carbocycles. The summed E-state index contributed by atoms with van der Waals surface area (Å²) in [4.78, 5) is 0. The van der Waals surface area contributed by atoms with Crippen molar-refractivity contribution in [1.82, 2.24) is 0 Å². The first-order chi connectivity index (χ1) is 9.19. The normalized spacial score (nSPS) is 12.4. The van der Waals surface area contributed by atoms with Crippen molar-refractivity contribution in [3.05, 3.63) is 70.5 Å². The van der Waals surface area contributed by atoms with E-state index in [-0.39, 0.29) is 18.3 Å². The topological polar surface area (TPSA) is 20.2 Å². The Balaban J connectivity index is 2.06. The van der Waals surface area contributed by atoms with Gasteiger partial charge in [-0.2, -0.15) is 0 Å². The highest BCUT2D eigenvalue weighted by atomic mass is 35.5. The highest BCUT2D eigenvalue weighted by molar-refractivity contribution is 6.31. The van der Waals surface area contributed by atoms with Crippen LogP contribution in [0.4, 0.5) is 4.39 Å². The van der Waals surface area contributed by atoms with E-state index in [1.165, 1.54) is 17.7 Å². The SMILES string of the molecule is OCC(Cc1ccccc1)Cc1ccc(F)cc1Cl. The zero-order valence-corrected chi connectivity index (χ0v) is 11.3. The molecule has 1 nitrogen and oxygen atoms in total. The highest BCUT2D eigenvalue weighted by Gasteiger charge is 2.12. The quantitative estimate of drug-likeness (QED) is 0.880. The Morgan fingerprint density at radius 2 is 1.79 bits per heavy atom. The molecule has 1 N–H and O–H groups in total. The van der Waals surface area contributed by atoms with Gasteiger partial charge < -0.3 is 5.11 Å². The van der Waals surface area contributed by atoms with Crippen LogP contribution in [0.2, 0.25) is 5.02 Å². The first-order valence-electron chi connectivity index (χ1n) is 6.27. The Hall–Kier alpha value is -1.38. The van der Waals surface area contributed by atoms with Gasteiger partial charge in [0.15, 0.2) is 0 Å². The van der Waals surface area contributed by atoms with E-state index >= 15 is 0 Å². The molecule has 0 radical (unpaired) electrons. The van der Waals surface area contributed by atoms with Crippen molar-refractivity contribution in [2.75, 3.05) is 6.61 Å². The smallest absolute Gasteiger partial charge is 0.124 e. The van der Waals surface area contributed by atoms with Gasteiger partial charge in [0.1, 0.15) is 5.82 Å².